The van der Waals surface area contributed by atoms with Gasteiger partial charge in [0.1, 0.15) is 0 Å². The van der Waals surface area contributed by atoms with E-state index in [-0.39, 0.29) is 5.91 Å². The summed E-state index contributed by atoms with van der Waals surface area (Å²) in [7, 11) is 3.97. The molecule has 0 spiro atoms. The van der Waals surface area contributed by atoms with E-state index in [1.54, 1.807) is 18.9 Å². The SMILES string of the molecule is CCN(C)C(C)=O.CN1CCCCC1. The number of nitrogens with zero attached hydrogens (tertiary/aromatic N) is 2. The van der Waals surface area contributed by atoms with Crippen LogP contribution < -0.4 is 0 Å². The number of hydrogen-bond donors (Lipinski definition) is 0. The summed E-state index contributed by atoms with van der Waals surface area (Å²) < 4.78 is 0. The zero-order chi connectivity index (χ0) is 11.0. The van der Waals surface area contributed by atoms with Crippen LogP contribution in [0.4, 0.5) is 0 Å². The molecule has 14 heavy (non-hydrogen) atoms. The summed E-state index contributed by atoms with van der Waals surface area (Å²) in [5, 5.41) is 0. The molecule has 0 aliphatic carbocycles. The first kappa shape index (κ1) is 13.4. The van der Waals surface area contributed by atoms with Crippen molar-refractivity contribution in [2.24, 2.45) is 0 Å². The molecule has 1 aliphatic rings. The standard InChI is InChI=1S/C6H13N.C5H11NO/c1-7-5-3-2-4-6-7;1-4-6(3)5(2)7/h2-6H2,1H3;4H2,1-3H3. The summed E-state index contributed by atoms with van der Waals surface area (Å²) >= 11 is 0. The first-order valence-corrected chi connectivity index (χ1v) is 5.48. The average molecular weight is 200 g/mol. The van der Waals surface area contributed by atoms with Crippen LogP contribution in [0.1, 0.15) is 33.1 Å². The van der Waals surface area contributed by atoms with Crippen LogP contribution in [-0.2, 0) is 4.79 Å². The number of piperidine rings is 1. The maximum Gasteiger partial charge on any atom is 0.219 e. The lowest BCUT2D eigenvalue weighted by molar-refractivity contribution is -0.127. The molecule has 1 aliphatic heterocycles. The minimum Gasteiger partial charge on any atom is -0.346 e. The van der Waals surface area contributed by atoms with Gasteiger partial charge in [0.15, 0.2) is 0 Å². The van der Waals surface area contributed by atoms with E-state index in [2.05, 4.69) is 11.9 Å². The highest BCUT2D eigenvalue weighted by molar-refractivity contribution is 5.72. The van der Waals surface area contributed by atoms with Crippen LogP contribution in [0.3, 0.4) is 0 Å². The third-order valence-corrected chi connectivity index (χ3v) is 2.59. The van der Waals surface area contributed by atoms with Gasteiger partial charge in [0.2, 0.25) is 5.91 Å². The Morgan fingerprint density at radius 2 is 1.79 bits per heavy atom. The van der Waals surface area contributed by atoms with Crippen molar-refractivity contribution in [2.45, 2.75) is 33.1 Å². The number of carbonyl (C=O) groups excluding carboxylic acids is 1. The molecular weight excluding hydrogens is 176 g/mol. The van der Waals surface area contributed by atoms with Crippen molar-refractivity contribution in [3.8, 4) is 0 Å². The van der Waals surface area contributed by atoms with E-state index in [9.17, 15) is 4.79 Å². The average Bonchev–Trinajstić information content (AvgIpc) is 2.18. The van der Waals surface area contributed by atoms with Crippen molar-refractivity contribution in [3.63, 3.8) is 0 Å². The molecule has 1 heterocycles. The van der Waals surface area contributed by atoms with Crippen LogP contribution in [0, 0.1) is 0 Å². The quantitative estimate of drug-likeness (QED) is 0.641. The van der Waals surface area contributed by atoms with Gasteiger partial charge in [-0.2, -0.15) is 0 Å². The molecule has 3 heteroatoms. The number of rotatable bonds is 1. The molecule has 0 atom stereocenters. The fourth-order valence-electron chi connectivity index (χ4n) is 1.27. The Hall–Kier alpha value is -0.570. The Labute approximate surface area is 88.1 Å². The lowest BCUT2D eigenvalue weighted by Gasteiger charge is -2.20. The fourth-order valence-corrected chi connectivity index (χ4v) is 1.27. The number of carbonyl (C=O) groups is 1. The van der Waals surface area contributed by atoms with Gasteiger partial charge in [0.25, 0.3) is 0 Å². The highest BCUT2D eigenvalue weighted by Crippen LogP contribution is 2.04. The third kappa shape index (κ3) is 6.89. The van der Waals surface area contributed by atoms with Gasteiger partial charge in [0, 0.05) is 20.5 Å². The molecular formula is C11H24N2O. The zero-order valence-electron chi connectivity index (χ0n) is 10.0. The van der Waals surface area contributed by atoms with Crippen molar-refractivity contribution >= 4 is 5.91 Å². The van der Waals surface area contributed by atoms with E-state index in [0.29, 0.717) is 0 Å². The van der Waals surface area contributed by atoms with Crippen LogP contribution >= 0.6 is 0 Å². The van der Waals surface area contributed by atoms with Crippen molar-refractivity contribution in [1.29, 1.82) is 0 Å². The summed E-state index contributed by atoms with van der Waals surface area (Å²) in [6.45, 7) is 6.94. The molecule has 1 rings (SSSR count). The Kier molecular flexibility index (Phi) is 7.48. The van der Waals surface area contributed by atoms with Crippen LogP contribution in [0.25, 0.3) is 0 Å². The van der Waals surface area contributed by atoms with E-state index in [1.165, 1.54) is 32.4 Å². The number of likely N-dealkylation sites (tertiary alicyclic amines) is 1. The van der Waals surface area contributed by atoms with E-state index in [4.69, 9.17) is 0 Å². The summed E-state index contributed by atoms with van der Waals surface area (Å²) in [4.78, 5) is 14.3. The van der Waals surface area contributed by atoms with Crippen molar-refractivity contribution in [1.82, 2.24) is 9.80 Å². The van der Waals surface area contributed by atoms with Crippen LogP contribution in [0.2, 0.25) is 0 Å². The molecule has 0 N–H and O–H groups in total. The molecule has 0 aromatic heterocycles. The molecule has 1 saturated heterocycles. The molecule has 0 bridgehead atoms. The smallest absolute Gasteiger partial charge is 0.219 e. The van der Waals surface area contributed by atoms with Crippen molar-refractivity contribution < 1.29 is 4.79 Å². The van der Waals surface area contributed by atoms with Crippen LogP contribution in [0.15, 0.2) is 0 Å². The molecule has 84 valence electrons. The Morgan fingerprint density at radius 1 is 1.29 bits per heavy atom. The molecule has 1 amide bonds. The fraction of sp³-hybridized carbons (Fsp3) is 0.909. The highest BCUT2D eigenvalue weighted by atomic mass is 16.2. The Bertz CT molecular complexity index is 153. The summed E-state index contributed by atoms with van der Waals surface area (Å²) in [6, 6.07) is 0. The number of hydrogen-bond acceptors (Lipinski definition) is 2. The zero-order valence-corrected chi connectivity index (χ0v) is 10.0. The van der Waals surface area contributed by atoms with Crippen molar-refractivity contribution in [3.05, 3.63) is 0 Å². The summed E-state index contributed by atoms with van der Waals surface area (Å²) in [5.41, 5.74) is 0. The van der Waals surface area contributed by atoms with Crippen molar-refractivity contribution in [2.75, 3.05) is 33.7 Å². The second-order valence-corrected chi connectivity index (χ2v) is 3.90. The molecule has 0 aromatic rings. The van der Waals surface area contributed by atoms with Gasteiger partial charge in [-0.25, -0.2) is 0 Å². The normalized spacial score (nSPS) is 16.9. The molecule has 0 aromatic carbocycles. The van der Waals surface area contributed by atoms with Gasteiger partial charge in [-0.1, -0.05) is 6.42 Å². The second-order valence-electron chi connectivity index (χ2n) is 3.90. The third-order valence-electron chi connectivity index (χ3n) is 2.59. The maximum atomic E-state index is 10.3. The minimum absolute atomic E-state index is 0.127. The minimum atomic E-state index is 0.127. The largest absolute Gasteiger partial charge is 0.346 e. The predicted molar refractivity (Wildman–Crippen MR) is 60.3 cm³/mol. The Balaban J connectivity index is 0.000000241. The lowest BCUT2D eigenvalue weighted by atomic mass is 10.1. The molecule has 0 saturated carbocycles. The molecule has 3 nitrogen and oxygen atoms in total. The van der Waals surface area contributed by atoms with Gasteiger partial charge >= 0.3 is 0 Å². The van der Waals surface area contributed by atoms with Gasteiger partial charge < -0.3 is 9.80 Å². The topological polar surface area (TPSA) is 23.6 Å². The van der Waals surface area contributed by atoms with Crippen LogP contribution in [-0.4, -0.2) is 49.4 Å². The van der Waals surface area contributed by atoms with Gasteiger partial charge in [0.05, 0.1) is 0 Å². The molecule has 0 radical (unpaired) electrons. The van der Waals surface area contributed by atoms with E-state index < -0.39 is 0 Å². The van der Waals surface area contributed by atoms with Gasteiger partial charge in [-0.3, -0.25) is 4.79 Å². The summed E-state index contributed by atoms with van der Waals surface area (Å²) in [6.07, 6.45) is 4.28. The first-order chi connectivity index (χ1) is 6.57. The Morgan fingerprint density at radius 3 is 1.93 bits per heavy atom. The number of amides is 1. The lowest BCUT2D eigenvalue weighted by Crippen LogP contribution is -2.24. The summed E-state index contributed by atoms with van der Waals surface area (Å²) in [5.74, 6) is 0.127. The second kappa shape index (κ2) is 7.80. The molecule has 0 unspecified atom stereocenters. The van der Waals surface area contributed by atoms with E-state index in [0.717, 1.165) is 6.54 Å². The first-order valence-electron chi connectivity index (χ1n) is 5.48. The van der Waals surface area contributed by atoms with Gasteiger partial charge in [-0.05, 0) is 39.9 Å². The van der Waals surface area contributed by atoms with Gasteiger partial charge in [-0.15, -0.1) is 0 Å². The molecule has 1 fully saturated rings. The highest BCUT2D eigenvalue weighted by Gasteiger charge is 2.02. The maximum absolute atomic E-state index is 10.3. The van der Waals surface area contributed by atoms with E-state index >= 15 is 0 Å². The van der Waals surface area contributed by atoms with E-state index in [1.807, 2.05) is 6.92 Å². The predicted octanol–water partition coefficient (Wildman–Crippen LogP) is 1.59. The monoisotopic (exact) mass is 200 g/mol. The van der Waals surface area contributed by atoms with Crippen LogP contribution in [0.5, 0.6) is 0 Å².